The molecule has 2 N–H and O–H groups in total. The number of aliphatic hydroxyl groups excluding tert-OH is 1. The van der Waals surface area contributed by atoms with E-state index in [0.29, 0.717) is 36.2 Å². The molecule has 3 heterocycles. The molecule has 0 saturated carbocycles. The van der Waals surface area contributed by atoms with E-state index in [0.717, 1.165) is 0 Å². The number of aliphatic imine (C=N–C) groups is 1. The summed E-state index contributed by atoms with van der Waals surface area (Å²) in [5.74, 6) is 7.33. The van der Waals surface area contributed by atoms with Crippen molar-refractivity contribution in [3.05, 3.63) is 16.2 Å². The molecule has 3 rings (SSSR count). The maximum atomic E-state index is 13.1. The summed E-state index contributed by atoms with van der Waals surface area (Å²) < 4.78 is 17.2. The van der Waals surface area contributed by atoms with Crippen LogP contribution in [0.4, 0.5) is 5.95 Å². The average molecular weight is 665 g/mol. The molecule has 1 fully saturated rings. The summed E-state index contributed by atoms with van der Waals surface area (Å²) in [6, 6.07) is 2.66. The molecule has 0 radical (unpaired) electrons. The molecule has 0 bridgehead atoms. The lowest BCUT2D eigenvalue weighted by Gasteiger charge is -2.38. The van der Waals surface area contributed by atoms with E-state index in [1.54, 1.807) is 37.4 Å². The van der Waals surface area contributed by atoms with Gasteiger partial charge in [0.2, 0.25) is 5.95 Å². The Morgan fingerprint density at radius 3 is 2.59 bits per heavy atom. The van der Waals surface area contributed by atoms with Crippen molar-refractivity contribution in [3.8, 4) is 17.9 Å². The molecule has 4 atom stereocenters. The number of hydrogen-bond donors (Lipinski definition) is 2. The number of nitrogens with one attached hydrogen (secondary N) is 1. The van der Waals surface area contributed by atoms with Gasteiger partial charge in [0.1, 0.15) is 20.6 Å². The number of ether oxygens (including phenoxy) is 1. The minimum Gasteiger partial charge on any atom is -0.394 e. The molecule has 12 nitrogen and oxygen atoms in total. The molecule has 15 heteroatoms. The molecular weight excluding hydrogens is 619 g/mol. The van der Waals surface area contributed by atoms with Crippen LogP contribution in [0.3, 0.4) is 0 Å². The number of fused-ring (bicyclic) bond motifs is 1. The fraction of sp³-hybridized carbons (Fsp3) is 0.690. The standard InChI is InChI=1S/C29H45N8O4PS2/c1-19(2)37(20(3)4)42(14-11-13-30)41-21-16-24(40-22(21)17-38)36-23(12-10-15-43-44-29(5,6)7)32-25-26(36)33-28(34-27(25)39)31-18-35(8)9/h18-22,24,38H,11,14-17H2,1-9H3,(H,33,34,39)/b31-18+/t21-,22+,24+,42?/m0/s1. The van der Waals surface area contributed by atoms with Crippen LogP contribution in [0.1, 0.15) is 73.4 Å². The molecule has 0 spiro atoms. The second-order valence-corrected chi connectivity index (χ2v) is 17.0. The molecule has 1 aliphatic heterocycles. The molecule has 0 aliphatic carbocycles. The van der Waals surface area contributed by atoms with Crippen molar-refractivity contribution < 1.29 is 14.4 Å². The smallest absolute Gasteiger partial charge is 0.280 e. The lowest BCUT2D eigenvalue weighted by atomic mass is 10.2. The van der Waals surface area contributed by atoms with Crippen LogP contribution in [0.15, 0.2) is 9.79 Å². The van der Waals surface area contributed by atoms with E-state index in [1.165, 1.54) is 0 Å². The molecule has 242 valence electrons. The highest BCUT2D eigenvalue weighted by molar-refractivity contribution is 8.77. The van der Waals surface area contributed by atoms with Gasteiger partial charge in [-0.15, -0.1) is 0 Å². The summed E-state index contributed by atoms with van der Waals surface area (Å²) in [5.41, 5.74) is -0.0134. The van der Waals surface area contributed by atoms with Gasteiger partial charge >= 0.3 is 0 Å². The molecular formula is C29H45N8O4PS2. The summed E-state index contributed by atoms with van der Waals surface area (Å²) in [6.07, 6.45) is 1.14. The van der Waals surface area contributed by atoms with Gasteiger partial charge in [-0.3, -0.25) is 19.0 Å². The zero-order valence-corrected chi connectivity index (χ0v) is 29.6. The first-order chi connectivity index (χ1) is 20.7. The van der Waals surface area contributed by atoms with Crippen LogP contribution >= 0.6 is 29.9 Å². The minimum atomic E-state index is -1.15. The van der Waals surface area contributed by atoms with Gasteiger partial charge in [-0.25, -0.2) is 9.98 Å². The molecule has 2 aromatic heterocycles. The Bertz CT molecular complexity index is 1430. The van der Waals surface area contributed by atoms with E-state index < -0.39 is 32.3 Å². The highest BCUT2D eigenvalue weighted by Gasteiger charge is 2.41. The predicted molar refractivity (Wildman–Crippen MR) is 181 cm³/mol. The van der Waals surface area contributed by atoms with Crippen molar-refractivity contribution in [1.29, 1.82) is 5.26 Å². The number of aliphatic hydroxyl groups is 1. The van der Waals surface area contributed by atoms with E-state index in [9.17, 15) is 15.2 Å². The zero-order valence-electron chi connectivity index (χ0n) is 27.1. The highest BCUT2D eigenvalue weighted by atomic mass is 33.1. The monoisotopic (exact) mass is 664 g/mol. The lowest BCUT2D eigenvalue weighted by Crippen LogP contribution is -2.36. The second kappa shape index (κ2) is 16.4. The van der Waals surface area contributed by atoms with Gasteiger partial charge in [0.25, 0.3) is 5.56 Å². The van der Waals surface area contributed by atoms with Gasteiger partial charge in [-0.05, 0) is 33.6 Å². The van der Waals surface area contributed by atoms with Crippen LogP contribution in [0.25, 0.3) is 11.2 Å². The number of aromatic amines is 1. The van der Waals surface area contributed by atoms with Crippen molar-refractivity contribution in [1.82, 2.24) is 29.1 Å². The van der Waals surface area contributed by atoms with Crippen molar-refractivity contribution in [2.75, 3.05) is 32.6 Å². The number of imidazole rings is 1. The molecule has 2 aromatic rings. The SMILES string of the molecule is CC(C)N(C(C)C)P(CCC#N)O[C@H]1C[C@H](n2c(C#CCSSC(C)(C)C)nc3c(=O)[nH]c(/N=C/N(C)C)nc32)O[C@@H]1CO. The Labute approximate surface area is 269 Å². The summed E-state index contributed by atoms with van der Waals surface area (Å²) >= 11 is 0. The van der Waals surface area contributed by atoms with Crippen molar-refractivity contribution >= 4 is 53.3 Å². The van der Waals surface area contributed by atoms with Gasteiger partial charge in [-0.2, -0.15) is 10.2 Å². The number of H-pyrrole nitrogens is 1. The van der Waals surface area contributed by atoms with E-state index in [2.05, 4.69) is 91.0 Å². The second-order valence-electron chi connectivity index (χ2n) is 12.1. The maximum absolute atomic E-state index is 13.1. The number of aromatic nitrogens is 4. The fourth-order valence-corrected chi connectivity index (χ4v) is 8.94. The van der Waals surface area contributed by atoms with Gasteiger partial charge in [0.05, 0.1) is 30.9 Å². The Morgan fingerprint density at radius 2 is 2.00 bits per heavy atom. The zero-order chi connectivity index (χ0) is 32.6. The Hall–Kier alpha value is -2.16. The Kier molecular flexibility index (Phi) is 13.5. The summed E-state index contributed by atoms with van der Waals surface area (Å²) in [4.78, 5) is 31.0. The number of nitrogens with zero attached hydrogens (tertiary/aromatic N) is 7. The van der Waals surface area contributed by atoms with Crippen LogP contribution in [0, 0.1) is 23.2 Å². The minimum absolute atomic E-state index is 0.0968. The van der Waals surface area contributed by atoms with Crippen molar-refractivity contribution in [3.63, 3.8) is 0 Å². The van der Waals surface area contributed by atoms with Gasteiger partial charge < -0.3 is 19.3 Å². The Balaban J connectivity index is 2.03. The molecule has 1 aliphatic rings. The molecule has 44 heavy (non-hydrogen) atoms. The topological polar surface area (TPSA) is 145 Å². The maximum Gasteiger partial charge on any atom is 0.280 e. The van der Waals surface area contributed by atoms with Crippen LogP contribution in [0.5, 0.6) is 0 Å². The third kappa shape index (κ3) is 9.92. The first-order valence-electron chi connectivity index (χ1n) is 14.6. The Morgan fingerprint density at radius 1 is 1.30 bits per heavy atom. The van der Waals surface area contributed by atoms with E-state index >= 15 is 0 Å². The van der Waals surface area contributed by atoms with Crippen molar-refractivity contribution in [2.45, 2.75) is 96.6 Å². The van der Waals surface area contributed by atoms with Crippen LogP contribution < -0.4 is 5.56 Å². The third-order valence-electron chi connectivity index (χ3n) is 6.23. The number of rotatable bonds is 13. The van der Waals surface area contributed by atoms with Crippen molar-refractivity contribution in [2.24, 2.45) is 4.99 Å². The molecule has 1 saturated heterocycles. The summed E-state index contributed by atoms with van der Waals surface area (Å²) in [7, 11) is 5.89. The third-order valence-corrected chi connectivity index (χ3v) is 11.9. The lowest BCUT2D eigenvalue weighted by molar-refractivity contribution is -0.0392. The predicted octanol–water partition coefficient (Wildman–Crippen LogP) is 4.88. The van der Waals surface area contributed by atoms with Gasteiger partial charge in [0.15, 0.2) is 17.0 Å². The first-order valence-corrected chi connectivity index (χ1v) is 18.4. The molecule has 0 aromatic carbocycles. The van der Waals surface area contributed by atoms with E-state index in [1.807, 2.05) is 14.1 Å². The van der Waals surface area contributed by atoms with Gasteiger partial charge in [0, 0.05) is 49.9 Å². The quantitative estimate of drug-likeness (QED) is 0.0755. The summed E-state index contributed by atoms with van der Waals surface area (Å²) in [6.45, 7) is 14.6. The highest BCUT2D eigenvalue weighted by Crippen LogP contribution is 2.49. The van der Waals surface area contributed by atoms with Gasteiger partial charge in [-0.1, -0.05) is 48.3 Å². The first kappa shape index (κ1) is 36.3. The van der Waals surface area contributed by atoms with Crippen LogP contribution in [0.2, 0.25) is 0 Å². The molecule has 0 amide bonds. The van der Waals surface area contributed by atoms with Crippen LogP contribution in [-0.4, -0.2) is 102 Å². The normalized spacial score (nSPS) is 19.7. The average Bonchev–Trinajstić information content (AvgIpc) is 3.50. The molecule has 1 unspecified atom stereocenters. The fourth-order valence-electron chi connectivity index (χ4n) is 4.68. The van der Waals surface area contributed by atoms with Crippen LogP contribution in [-0.2, 0) is 9.26 Å². The summed E-state index contributed by atoms with van der Waals surface area (Å²) in [5, 5.41) is 19.7. The number of nitriles is 1. The number of hydrogen-bond acceptors (Lipinski definition) is 11. The largest absolute Gasteiger partial charge is 0.394 e. The van der Waals surface area contributed by atoms with E-state index in [4.69, 9.17) is 9.26 Å². The van der Waals surface area contributed by atoms with E-state index in [-0.39, 0.29) is 34.9 Å².